The summed E-state index contributed by atoms with van der Waals surface area (Å²) in [5.41, 5.74) is 0. The zero-order chi connectivity index (χ0) is 9.52. The SMILES string of the molecule is CCCCNC(C#N)c1ccco1. The van der Waals surface area contributed by atoms with Crippen LogP contribution in [0.1, 0.15) is 31.6 Å². The zero-order valence-electron chi connectivity index (χ0n) is 7.79. The van der Waals surface area contributed by atoms with Crippen molar-refractivity contribution in [2.24, 2.45) is 0 Å². The lowest BCUT2D eigenvalue weighted by molar-refractivity contribution is 0.454. The molecule has 0 aliphatic rings. The number of furan rings is 1. The average Bonchev–Trinajstić information content (AvgIpc) is 2.65. The second kappa shape index (κ2) is 5.39. The molecule has 70 valence electrons. The number of rotatable bonds is 5. The molecule has 1 unspecified atom stereocenters. The van der Waals surface area contributed by atoms with Crippen molar-refractivity contribution in [3.05, 3.63) is 24.2 Å². The highest BCUT2D eigenvalue weighted by molar-refractivity contribution is 5.12. The molecule has 0 fully saturated rings. The van der Waals surface area contributed by atoms with Gasteiger partial charge in [-0.15, -0.1) is 0 Å². The largest absolute Gasteiger partial charge is 0.467 e. The van der Waals surface area contributed by atoms with Gasteiger partial charge in [-0.3, -0.25) is 5.32 Å². The van der Waals surface area contributed by atoms with E-state index < -0.39 is 0 Å². The Morgan fingerprint density at radius 1 is 1.69 bits per heavy atom. The van der Waals surface area contributed by atoms with Crippen molar-refractivity contribution in [2.75, 3.05) is 6.54 Å². The van der Waals surface area contributed by atoms with Crippen LogP contribution in [0.3, 0.4) is 0 Å². The Bertz CT molecular complexity index is 261. The van der Waals surface area contributed by atoms with Gasteiger partial charge in [-0.25, -0.2) is 0 Å². The van der Waals surface area contributed by atoms with Crippen LogP contribution in [0.2, 0.25) is 0 Å². The maximum Gasteiger partial charge on any atom is 0.154 e. The van der Waals surface area contributed by atoms with E-state index in [1.165, 1.54) is 0 Å². The molecule has 1 aromatic rings. The van der Waals surface area contributed by atoms with E-state index in [1.54, 1.807) is 12.3 Å². The van der Waals surface area contributed by atoms with Crippen LogP contribution in [-0.4, -0.2) is 6.54 Å². The van der Waals surface area contributed by atoms with Crippen LogP contribution in [0.25, 0.3) is 0 Å². The van der Waals surface area contributed by atoms with E-state index >= 15 is 0 Å². The number of hydrogen-bond donors (Lipinski definition) is 1. The molecule has 0 saturated carbocycles. The maximum absolute atomic E-state index is 8.82. The lowest BCUT2D eigenvalue weighted by Crippen LogP contribution is -2.20. The summed E-state index contributed by atoms with van der Waals surface area (Å²) in [6.07, 6.45) is 3.80. The Labute approximate surface area is 78.4 Å². The molecule has 3 nitrogen and oxygen atoms in total. The first-order valence-electron chi connectivity index (χ1n) is 4.55. The van der Waals surface area contributed by atoms with Gasteiger partial charge in [0.25, 0.3) is 0 Å². The molecule has 0 aliphatic carbocycles. The van der Waals surface area contributed by atoms with Gasteiger partial charge in [0.05, 0.1) is 12.3 Å². The third-order valence-corrected chi connectivity index (χ3v) is 1.84. The Morgan fingerprint density at radius 3 is 3.08 bits per heavy atom. The summed E-state index contributed by atoms with van der Waals surface area (Å²) in [7, 11) is 0. The summed E-state index contributed by atoms with van der Waals surface area (Å²) in [6.45, 7) is 2.98. The molecular formula is C10H14N2O. The van der Waals surface area contributed by atoms with Crippen molar-refractivity contribution < 1.29 is 4.42 Å². The summed E-state index contributed by atoms with van der Waals surface area (Å²) in [6, 6.07) is 5.46. The van der Waals surface area contributed by atoms with Gasteiger partial charge in [-0.1, -0.05) is 13.3 Å². The maximum atomic E-state index is 8.82. The van der Waals surface area contributed by atoms with Crippen LogP contribution >= 0.6 is 0 Å². The zero-order valence-corrected chi connectivity index (χ0v) is 7.79. The van der Waals surface area contributed by atoms with Gasteiger partial charge in [-0.05, 0) is 25.1 Å². The standard InChI is InChI=1S/C10H14N2O/c1-2-3-6-12-9(8-11)10-5-4-7-13-10/h4-5,7,9,12H,2-3,6H2,1H3. The molecule has 13 heavy (non-hydrogen) atoms. The summed E-state index contributed by atoms with van der Waals surface area (Å²) < 4.78 is 5.13. The minimum absolute atomic E-state index is 0.304. The molecular weight excluding hydrogens is 164 g/mol. The first-order valence-corrected chi connectivity index (χ1v) is 4.55. The molecule has 1 aromatic heterocycles. The van der Waals surface area contributed by atoms with Gasteiger partial charge < -0.3 is 4.42 Å². The predicted octanol–water partition coefficient (Wildman–Crippen LogP) is 2.23. The molecule has 1 rings (SSSR count). The van der Waals surface area contributed by atoms with Crippen LogP contribution in [0, 0.1) is 11.3 Å². The molecule has 0 spiro atoms. The van der Waals surface area contributed by atoms with Crippen LogP contribution in [0.4, 0.5) is 0 Å². The summed E-state index contributed by atoms with van der Waals surface area (Å²) >= 11 is 0. The summed E-state index contributed by atoms with van der Waals surface area (Å²) in [5, 5.41) is 11.9. The van der Waals surface area contributed by atoms with Gasteiger partial charge >= 0.3 is 0 Å². The van der Waals surface area contributed by atoms with Crippen molar-refractivity contribution >= 4 is 0 Å². The third-order valence-electron chi connectivity index (χ3n) is 1.84. The molecule has 1 heterocycles. The molecule has 1 atom stereocenters. The lowest BCUT2D eigenvalue weighted by atomic mass is 10.2. The van der Waals surface area contributed by atoms with Gasteiger partial charge in [-0.2, -0.15) is 5.26 Å². The van der Waals surface area contributed by atoms with Gasteiger partial charge in [0.2, 0.25) is 0 Å². The second-order valence-electron chi connectivity index (χ2n) is 2.89. The quantitative estimate of drug-likeness (QED) is 0.703. The van der Waals surface area contributed by atoms with Crippen LogP contribution in [0.15, 0.2) is 22.8 Å². The number of hydrogen-bond acceptors (Lipinski definition) is 3. The fourth-order valence-electron chi connectivity index (χ4n) is 1.09. The van der Waals surface area contributed by atoms with Gasteiger partial charge in [0, 0.05) is 0 Å². The first kappa shape index (κ1) is 9.82. The molecule has 0 saturated heterocycles. The van der Waals surface area contributed by atoms with Crippen molar-refractivity contribution in [1.82, 2.24) is 5.32 Å². The highest BCUT2D eigenvalue weighted by Crippen LogP contribution is 2.11. The van der Waals surface area contributed by atoms with Gasteiger partial charge in [0.15, 0.2) is 6.04 Å². The third kappa shape index (κ3) is 2.92. The first-order chi connectivity index (χ1) is 6.38. The average molecular weight is 178 g/mol. The molecule has 3 heteroatoms. The molecule has 0 amide bonds. The normalized spacial score (nSPS) is 12.3. The number of nitriles is 1. The van der Waals surface area contributed by atoms with Crippen LogP contribution in [-0.2, 0) is 0 Å². The van der Waals surface area contributed by atoms with Crippen molar-refractivity contribution in [3.8, 4) is 6.07 Å². The van der Waals surface area contributed by atoms with E-state index in [0.717, 1.165) is 19.4 Å². The van der Waals surface area contributed by atoms with Crippen molar-refractivity contribution in [2.45, 2.75) is 25.8 Å². The van der Waals surface area contributed by atoms with E-state index in [0.29, 0.717) is 5.76 Å². The van der Waals surface area contributed by atoms with Crippen LogP contribution in [0.5, 0.6) is 0 Å². The van der Waals surface area contributed by atoms with E-state index in [4.69, 9.17) is 9.68 Å². The topological polar surface area (TPSA) is 49.0 Å². The monoisotopic (exact) mass is 178 g/mol. The molecule has 0 aromatic carbocycles. The second-order valence-corrected chi connectivity index (χ2v) is 2.89. The fourth-order valence-corrected chi connectivity index (χ4v) is 1.09. The number of unbranched alkanes of at least 4 members (excludes halogenated alkanes) is 1. The van der Waals surface area contributed by atoms with Crippen molar-refractivity contribution in [3.63, 3.8) is 0 Å². The minimum atomic E-state index is -0.304. The molecule has 1 N–H and O–H groups in total. The van der Waals surface area contributed by atoms with E-state index in [9.17, 15) is 0 Å². The predicted molar refractivity (Wildman–Crippen MR) is 50.0 cm³/mol. The Kier molecular flexibility index (Phi) is 4.07. The highest BCUT2D eigenvalue weighted by Gasteiger charge is 2.10. The molecule has 0 aliphatic heterocycles. The Balaban J connectivity index is 2.41. The highest BCUT2D eigenvalue weighted by atomic mass is 16.3. The lowest BCUT2D eigenvalue weighted by Gasteiger charge is -2.07. The molecule has 0 bridgehead atoms. The van der Waals surface area contributed by atoms with Crippen molar-refractivity contribution in [1.29, 1.82) is 5.26 Å². The van der Waals surface area contributed by atoms with Crippen LogP contribution < -0.4 is 5.32 Å². The summed E-state index contributed by atoms with van der Waals surface area (Å²) in [5.74, 6) is 0.693. The van der Waals surface area contributed by atoms with E-state index in [-0.39, 0.29) is 6.04 Å². The Hall–Kier alpha value is -1.27. The number of nitrogens with zero attached hydrogens (tertiary/aromatic N) is 1. The number of nitrogens with one attached hydrogen (secondary N) is 1. The Morgan fingerprint density at radius 2 is 2.54 bits per heavy atom. The fraction of sp³-hybridized carbons (Fsp3) is 0.500. The minimum Gasteiger partial charge on any atom is -0.467 e. The van der Waals surface area contributed by atoms with E-state index in [1.807, 2.05) is 6.07 Å². The van der Waals surface area contributed by atoms with Gasteiger partial charge in [0.1, 0.15) is 5.76 Å². The smallest absolute Gasteiger partial charge is 0.154 e. The molecule has 0 radical (unpaired) electrons. The summed E-state index contributed by atoms with van der Waals surface area (Å²) in [4.78, 5) is 0. The van der Waals surface area contributed by atoms with E-state index in [2.05, 4.69) is 18.3 Å².